The van der Waals surface area contributed by atoms with E-state index < -0.39 is 0 Å². The van der Waals surface area contributed by atoms with Crippen molar-refractivity contribution in [2.24, 2.45) is 0 Å². The maximum atomic E-state index is 12.7. The van der Waals surface area contributed by atoms with Crippen molar-refractivity contribution in [3.8, 4) is 0 Å². The van der Waals surface area contributed by atoms with Gasteiger partial charge in [0, 0.05) is 37.4 Å². The predicted octanol–water partition coefficient (Wildman–Crippen LogP) is 1.57. The van der Waals surface area contributed by atoms with E-state index >= 15 is 0 Å². The lowest BCUT2D eigenvalue weighted by Gasteiger charge is -2.30. The molecule has 1 aromatic carbocycles. The Kier molecular flexibility index (Phi) is 2.99. The van der Waals surface area contributed by atoms with Gasteiger partial charge in [0.25, 0.3) is 0 Å². The minimum absolute atomic E-state index is 0.375. The Morgan fingerprint density at radius 1 is 1.21 bits per heavy atom. The van der Waals surface area contributed by atoms with Crippen LogP contribution in [0.3, 0.4) is 0 Å². The molecule has 1 saturated heterocycles. The molecule has 76 valence electrons. The van der Waals surface area contributed by atoms with Gasteiger partial charge < -0.3 is 10.2 Å². The second kappa shape index (κ2) is 4.42. The third-order valence-electron chi connectivity index (χ3n) is 2.59. The van der Waals surface area contributed by atoms with Gasteiger partial charge in [0.05, 0.1) is 0 Å². The summed E-state index contributed by atoms with van der Waals surface area (Å²) in [7, 11) is 0. The first-order valence-electron chi connectivity index (χ1n) is 5.01. The van der Waals surface area contributed by atoms with Gasteiger partial charge in [-0.15, -0.1) is 0 Å². The molecular weight excluding hydrogens is 179 g/mol. The quantitative estimate of drug-likeness (QED) is 0.768. The summed E-state index contributed by atoms with van der Waals surface area (Å²) in [6.07, 6.45) is 0. The van der Waals surface area contributed by atoms with Gasteiger partial charge >= 0.3 is 0 Å². The molecule has 3 heteroatoms. The lowest BCUT2D eigenvalue weighted by Crippen LogP contribution is -2.43. The van der Waals surface area contributed by atoms with E-state index in [4.69, 9.17) is 0 Å². The van der Waals surface area contributed by atoms with Gasteiger partial charge in [0.1, 0.15) is 6.67 Å². The second-order valence-corrected chi connectivity index (χ2v) is 3.50. The van der Waals surface area contributed by atoms with Crippen molar-refractivity contribution in [3.05, 3.63) is 29.8 Å². The maximum Gasteiger partial charge on any atom is 0.117 e. The average Bonchev–Trinajstić information content (AvgIpc) is 2.30. The largest absolute Gasteiger partial charge is 0.369 e. The highest BCUT2D eigenvalue weighted by molar-refractivity contribution is 5.53. The molecule has 1 N–H and O–H groups in total. The number of benzene rings is 1. The topological polar surface area (TPSA) is 15.3 Å². The number of piperazine rings is 1. The fourth-order valence-electron chi connectivity index (χ4n) is 1.84. The van der Waals surface area contributed by atoms with Gasteiger partial charge in [-0.3, -0.25) is 0 Å². The molecule has 0 aliphatic carbocycles. The van der Waals surface area contributed by atoms with E-state index in [1.165, 1.54) is 0 Å². The van der Waals surface area contributed by atoms with Crippen LogP contribution in [0.4, 0.5) is 10.1 Å². The number of nitrogens with zero attached hydrogens (tertiary/aromatic N) is 1. The van der Waals surface area contributed by atoms with Gasteiger partial charge in [-0.25, -0.2) is 4.39 Å². The molecule has 2 nitrogen and oxygen atoms in total. The lowest BCUT2D eigenvalue weighted by molar-refractivity contribution is 0.483. The molecule has 14 heavy (non-hydrogen) atoms. The number of halogens is 1. The van der Waals surface area contributed by atoms with Crippen LogP contribution in [0.25, 0.3) is 0 Å². The van der Waals surface area contributed by atoms with Gasteiger partial charge in [-0.2, -0.15) is 0 Å². The molecule has 2 rings (SSSR count). The van der Waals surface area contributed by atoms with Crippen LogP contribution >= 0.6 is 0 Å². The minimum atomic E-state index is -0.375. The van der Waals surface area contributed by atoms with Crippen LogP contribution in [-0.2, 0) is 6.67 Å². The molecule has 0 unspecified atom stereocenters. The Labute approximate surface area is 83.7 Å². The smallest absolute Gasteiger partial charge is 0.117 e. The van der Waals surface area contributed by atoms with E-state index in [2.05, 4.69) is 10.2 Å². The van der Waals surface area contributed by atoms with Crippen LogP contribution in [0.5, 0.6) is 0 Å². The summed E-state index contributed by atoms with van der Waals surface area (Å²) in [6.45, 7) is 3.54. The van der Waals surface area contributed by atoms with E-state index in [0.717, 1.165) is 37.4 Å². The zero-order valence-electron chi connectivity index (χ0n) is 8.17. The van der Waals surface area contributed by atoms with Gasteiger partial charge in [0.15, 0.2) is 0 Å². The Morgan fingerprint density at radius 3 is 2.64 bits per heavy atom. The first-order valence-corrected chi connectivity index (χ1v) is 5.01. The Morgan fingerprint density at radius 2 is 1.93 bits per heavy atom. The first kappa shape index (κ1) is 9.46. The van der Waals surface area contributed by atoms with Gasteiger partial charge in [-0.05, 0) is 6.07 Å². The van der Waals surface area contributed by atoms with Crippen LogP contribution in [0, 0.1) is 0 Å². The molecular formula is C11H15FN2. The molecule has 0 saturated carbocycles. The summed E-state index contributed by atoms with van der Waals surface area (Å²) >= 11 is 0. The summed E-state index contributed by atoms with van der Waals surface area (Å²) in [5, 5.41) is 3.29. The second-order valence-electron chi connectivity index (χ2n) is 3.50. The standard InChI is InChI=1S/C11H15FN2/c12-9-10-3-1-2-4-11(10)14-7-5-13-6-8-14/h1-4,13H,5-9H2. The third-order valence-corrected chi connectivity index (χ3v) is 2.59. The fourth-order valence-corrected chi connectivity index (χ4v) is 1.84. The molecule has 1 aromatic rings. The van der Waals surface area contributed by atoms with E-state index in [1.807, 2.05) is 24.3 Å². The number of hydrogen-bond donors (Lipinski definition) is 1. The summed E-state index contributed by atoms with van der Waals surface area (Å²) in [5.41, 5.74) is 1.85. The molecule has 1 heterocycles. The Hall–Kier alpha value is -1.09. The zero-order chi connectivity index (χ0) is 9.80. The van der Waals surface area contributed by atoms with Crippen molar-refractivity contribution in [1.82, 2.24) is 5.32 Å². The molecule has 1 fully saturated rings. The number of para-hydroxylation sites is 1. The average molecular weight is 194 g/mol. The molecule has 0 aromatic heterocycles. The SMILES string of the molecule is FCc1ccccc1N1CCNCC1. The van der Waals surface area contributed by atoms with Crippen molar-refractivity contribution >= 4 is 5.69 Å². The Bertz CT molecular complexity index is 295. The van der Waals surface area contributed by atoms with Gasteiger partial charge in [-0.1, -0.05) is 18.2 Å². The highest BCUT2D eigenvalue weighted by Crippen LogP contribution is 2.21. The maximum absolute atomic E-state index is 12.7. The highest BCUT2D eigenvalue weighted by Gasteiger charge is 2.12. The summed E-state index contributed by atoms with van der Waals surface area (Å²) < 4.78 is 12.7. The molecule has 0 spiro atoms. The molecule has 0 radical (unpaired) electrons. The zero-order valence-corrected chi connectivity index (χ0v) is 8.17. The summed E-state index contributed by atoms with van der Waals surface area (Å²) in [5.74, 6) is 0. The van der Waals surface area contributed by atoms with Crippen LogP contribution in [0.2, 0.25) is 0 Å². The van der Waals surface area contributed by atoms with Crippen molar-refractivity contribution in [2.75, 3.05) is 31.1 Å². The number of alkyl halides is 1. The predicted molar refractivity (Wildman–Crippen MR) is 56.3 cm³/mol. The Balaban J connectivity index is 2.20. The highest BCUT2D eigenvalue weighted by atomic mass is 19.1. The van der Waals surface area contributed by atoms with Crippen LogP contribution in [0.15, 0.2) is 24.3 Å². The third kappa shape index (κ3) is 1.87. The van der Waals surface area contributed by atoms with Gasteiger partial charge in [0.2, 0.25) is 0 Å². The lowest BCUT2D eigenvalue weighted by atomic mass is 10.1. The number of hydrogen-bond acceptors (Lipinski definition) is 2. The van der Waals surface area contributed by atoms with Crippen LogP contribution in [-0.4, -0.2) is 26.2 Å². The van der Waals surface area contributed by atoms with Crippen molar-refractivity contribution in [2.45, 2.75) is 6.67 Å². The monoisotopic (exact) mass is 194 g/mol. The number of anilines is 1. The molecule has 1 aliphatic heterocycles. The molecule has 0 atom stereocenters. The normalized spacial score (nSPS) is 17.1. The number of nitrogens with one attached hydrogen (secondary N) is 1. The van der Waals surface area contributed by atoms with Crippen LogP contribution in [0.1, 0.15) is 5.56 Å². The summed E-state index contributed by atoms with van der Waals surface area (Å²) in [4.78, 5) is 2.24. The van der Waals surface area contributed by atoms with E-state index in [1.54, 1.807) is 0 Å². The minimum Gasteiger partial charge on any atom is -0.369 e. The first-order chi connectivity index (χ1) is 6.92. The molecule has 0 amide bonds. The molecule has 0 bridgehead atoms. The van der Waals surface area contributed by atoms with E-state index in [0.29, 0.717) is 0 Å². The van der Waals surface area contributed by atoms with Crippen molar-refractivity contribution in [1.29, 1.82) is 0 Å². The summed E-state index contributed by atoms with van der Waals surface area (Å²) in [6, 6.07) is 7.72. The number of rotatable bonds is 2. The van der Waals surface area contributed by atoms with Crippen molar-refractivity contribution in [3.63, 3.8) is 0 Å². The van der Waals surface area contributed by atoms with E-state index in [-0.39, 0.29) is 6.67 Å². The molecule has 1 aliphatic rings. The van der Waals surface area contributed by atoms with Crippen molar-refractivity contribution < 1.29 is 4.39 Å². The van der Waals surface area contributed by atoms with E-state index in [9.17, 15) is 4.39 Å². The fraction of sp³-hybridized carbons (Fsp3) is 0.455. The van der Waals surface area contributed by atoms with Crippen LogP contribution < -0.4 is 10.2 Å².